The second-order valence-corrected chi connectivity index (χ2v) is 5.56. The topological polar surface area (TPSA) is 20.2 Å². The molecule has 1 unspecified atom stereocenters. The van der Waals surface area contributed by atoms with Crippen LogP contribution in [0.1, 0.15) is 44.1 Å². The zero-order chi connectivity index (χ0) is 10.8. The Morgan fingerprint density at radius 1 is 1.50 bits per heavy atom. The van der Waals surface area contributed by atoms with E-state index in [2.05, 4.69) is 32.2 Å². The Bertz CT molecular complexity index is 286. The Balaban J connectivity index is 2.70. The number of hydrogen-bond acceptors (Lipinski definition) is 2. The van der Waals surface area contributed by atoms with E-state index in [9.17, 15) is 5.11 Å². The van der Waals surface area contributed by atoms with Gasteiger partial charge >= 0.3 is 0 Å². The molecule has 0 saturated heterocycles. The van der Waals surface area contributed by atoms with E-state index in [0.717, 1.165) is 17.7 Å². The number of thiophene rings is 1. The Morgan fingerprint density at radius 3 is 2.57 bits per heavy atom. The lowest BCUT2D eigenvalue weighted by atomic mass is 9.92. The average Bonchev–Trinajstić information content (AvgIpc) is 2.48. The summed E-state index contributed by atoms with van der Waals surface area (Å²) in [6, 6.07) is 2.07. The molecule has 0 bridgehead atoms. The molecule has 1 rings (SSSR count). The molecule has 0 aliphatic rings. The van der Waals surface area contributed by atoms with Gasteiger partial charge < -0.3 is 5.11 Å². The maximum absolute atomic E-state index is 10.3. The lowest BCUT2D eigenvalue weighted by Crippen LogP contribution is -2.21. The van der Waals surface area contributed by atoms with Crippen LogP contribution in [0.5, 0.6) is 0 Å². The molecular weight excluding hydrogens is 192 g/mol. The molecule has 0 aromatic carbocycles. The predicted octanol–water partition coefficient (Wildman–Crippen LogP) is 3.70. The van der Waals surface area contributed by atoms with Crippen LogP contribution in [0.2, 0.25) is 0 Å². The highest BCUT2D eigenvalue weighted by atomic mass is 32.1. The van der Waals surface area contributed by atoms with E-state index in [0.29, 0.717) is 5.92 Å². The molecule has 1 atom stereocenters. The number of aliphatic hydroxyl groups is 1. The Kier molecular flexibility index (Phi) is 3.73. The van der Waals surface area contributed by atoms with Gasteiger partial charge in [-0.3, -0.25) is 0 Å². The van der Waals surface area contributed by atoms with E-state index in [1.54, 1.807) is 11.3 Å². The summed E-state index contributed by atoms with van der Waals surface area (Å²) in [5.41, 5.74) is 0.575. The van der Waals surface area contributed by atoms with Gasteiger partial charge in [0.1, 0.15) is 0 Å². The van der Waals surface area contributed by atoms with Gasteiger partial charge in [-0.2, -0.15) is 0 Å². The predicted molar refractivity (Wildman–Crippen MR) is 62.7 cm³/mol. The Morgan fingerprint density at radius 2 is 2.14 bits per heavy atom. The first-order valence-corrected chi connectivity index (χ1v) is 6.08. The smallest absolute Gasteiger partial charge is 0.0962 e. The van der Waals surface area contributed by atoms with Crippen LogP contribution in [0.25, 0.3) is 0 Å². The van der Waals surface area contributed by atoms with Crippen LogP contribution >= 0.6 is 11.3 Å². The summed E-state index contributed by atoms with van der Waals surface area (Å²) in [6.07, 6.45) is 1.93. The molecule has 2 heteroatoms. The minimum atomic E-state index is -0.636. The molecule has 1 aromatic rings. The maximum Gasteiger partial charge on any atom is 0.0962 e. The first-order valence-electron chi connectivity index (χ1n) is 5.20. The molecule has 0 radical (unpaired) electrons. The summed E-state index contributed by atoms with van der Waals surface area (Å²) < 4.78 is 0. The Hall–Kier alpha value is -0.340. The average molecular weight is 212 g/mol. The highest BCUT2D eigenvalue weighted by molar-refractivity contribution is 7.10. The molecule has 1 nitrogen and oxygen atoms in total. The summed E-state index contributed by atoms with van der Waals surface area (Å²) in [6.45, 7) is 8.37. The first-order chi connectivity index (χ1) is 6.43. The van der Waals surface area contributed by atoms with Gasteiger partial charge in [-0.15, -0.1) is 11.3 Å². The van der Waals surface area contributed by atoms with Crippen molar-refractivity contribution in [2.45, 2.75) is 46.1 Å². The molecule has 80 valence electrons. The molecule has 0 saturated carbocycles. The van der Waals surface area contributed by atoms with Gasteiger partial charge in [0.2, 0.25) is 0 Å². The summed E-state index contributed by atoms with van der Waals surface area (Å²) in [5.74, 6) is 0.654. The lowest BCUT2D eigenvalue weighted by molar-refractivity contribution is 0.0452. The molecule has 1 aromatic heterocycles. The quantitative estimate of drug-likeness (QED) is 0.807. The van der Waals surface area contributed by atoms with Crippen molar-refractivity contribution >= 4 is 11.3 Å². The maximum atomic E-state index is 10.3. The van der Waals surface area contributed by atoms with Crippen LogP contribution in [0.4, 0.5) is 0 Å². The van der Waals surface area contributed by atoms with Gasteiger partial charge in [0.15, 0.2) is 0 Å². The van der Waals surface area contributed by atoms with Crippen LogP contribution in [0.15, 0.2) is 11.4 Å². The van der Waals surface area contributed by atoms with E-state index in [1.807, 2.05) is 6.92 Å². The fraction of sp³-hybridized carbons (Fsp3) is 0.667. The van der Waals surface area contributed by atoms with E-state index in [-0.39, 0.29) is 0 Å². The highest BCUT2D eigenvalue weighted by Gasteiger charge is 2.25. The molecule has 14 heavy (non-hydrogen) atoms. The molecule has 1 heterocycles. The fourth-order valence-corrected chi connectivity index (χ4v) is 2.63. The van der Waals surface area contributed by atoms with Crippen molar-refractivity contribution in [1.82, 2.24) is 0 Å². The van der Waals surface area contributed by atoms with E-state index < -0.39 is 5.60 Å². The summed E-state index contributed by atoms with van der Waals surface area (Å²) >= 11 is 1.66. The number of rotatable bonds is 4. The number of hydrogen-bond donors (Lipinski definition) is 1. The normalized spacial score (nSPS) is 15.9. The molecule has 1 N–H and O–H groups in total. The van der Waals surface area contributed by atoms with Crippen LogP contribution in [-0.2, 0) is 5.60 Å². The molecule has 0 aliphatic carbocycles. The van der Waals surface area contributed by atoms with Gasteiger partial charge in [-0.1, -0.05) is 13.8 Å². The van der Waals surface area contributed by atoms with Crippen LogP contribution in [-0.4, -0.2) is 5.11 Å². The Labute approximate surface area is 90.8 Å². The van der Waals surface area contributed by atoms with Crippen LogP contribution in [0, 0.1) is 12.8 Å². The molecule has 0 amide bonds. The van der Waals surface area contributed by atoms with E-state index >= 15 is 0 Å². The van der Waals surface area contributed by atoms with Crippen molar-refractivity contribution in [1.29, 1.82) is 0 Å². The van der Waals surface area contributed by atoms with Crippen molar-refractivity contribution in [3.8, 4) is 0 Å². The second-order valence-electron chi connectivity index (χ2n) is 4.64. The zero-order valence-corrected chi connectivity index (χ0v) is 10.3. The van der Waals surface area contributed by atoms with Crippen LogP contribution < -0.4 is 0 Å². The highest BCUT2D eigenvalue weighted by Crippen LogP contribution is 2.33. The minimum absolute atomic E-state index is 0.636. The van der Waals surface area contributed by atoms with Gasteiger partial charge in [-0.05, 0) is 49.6 Å². The standard InChI is InChI=1S/C12H20OS/c1-9(2)5-7-12(4,13)11-10(3)6-8-14-11/h6,8-9,13H,5,7H2,1-4H3. The number of aryl methyl sites for hydroxylation is 1. The summed E-state index contributed by atoms with van der Waals surface area (Å²) in [7, 11) is 0. The third kappa shape index (κ3) is 2.82. The van der Waals surface area contributed by atoms with Crippen molar-refractivity contribution in [3.05, 3.63) is 21.9 Å². The SMILES string of the molecule is Cc1ccsc1C(C)(O)CCC(C)C. The zero-order valence-electron chi connectivity index (χ0n) is 9.50. The molecule has 0 fully saturated rings. The third-order valence-corrected chi connectivity index (χ3v) is 3.83. The fourth-order valence-electron chi connectivity index (χ4n) is 1.61. The van der Waals surface area contributed by atoms with Gasteiger partial charge in [0.05, 0.1) is 5.60 Å². The summed E-state index contributed by atoms with van der Waals surface area (Å²) in [5, 5.41) is 12.4. The van der Waals surface area contributed by atoms with Crippen molar-refractivity contribution in [3.63, 3.8) is 0 Å². The third-order valence-electron chi connectivity index (χ3n) is 2.56. The van der Waals surface area contributed by atoms with E-state index in [1.165, 1.54) is 5.56 Å². The van der Waals surface area contributed by atoms with Crippen molar-refractivity contribution in [2.75, 3.05) is 0 Å². The largest absolute Gasteiger partial charge is 0.385 e. The van der Waals surface area contributed by atoms with Crippen LogP contribution in [0.3, 0.4) is 0 Å². The molecular formula is C12H20OS. The lowest BCUT2D eigenvalue weighted by Gasteiger charge is -2.24. The first kappa shape index (κ1) is 11.7. The van der Waals surface area contributed by atoms with E-state index in [4.69, 9.17) is 0 Å². The van der Waals surface area contributed by atoms with Gasteiger partial charge in [-0.25, -0.2) is 0 Å². The second kappa shape index (κ2) is 4.45. The monoisotopic (exact) mass is 212 g/mol. The van der Waals surface area contributed by atoms with Gasteiger partial charge in [0.25, 0.3) is 0 Å². The summed E-state index contributed by atoms with van der Waals surface area (Å²) in [4.78, 5) is 1.12. The minimum Gasteiger partial charge on any atom is -0.385 e. The van der Waals surface area contributed by atoms with Gasteiger partial charge in [0, 0.05) is 4.88 Å². The van der Waals surface area contributed by atoms with Crippen molar-refractivity contribution < 1.29 is 5.11 Å². The molecule has 0 aliphatic heterocycles. The molecule has 0 spiro atoms. The van der Waals surface area contributed by atoms with Crippen molar-refractivity contribution in [2.24, 2.45) is 5.92 Å².